The lowest BCUT2D eigenvalue weighted by atomic mass is 10.0. The molecule has 0 bridgehead atoms. The van der Waals surface area contributed by atoms with Crippen LogP contribution in [0.5, 0.6) is 0 Å². The first kappa shape index (κ1) is 14.2. The van der Waals surface area contributed by atoms with E-state index in [4.69, 9.17) is 17.3 Å². The van der Waals surface area contributed by atoms with Gasteiger partial charge in [-0.2, -0.15) is 0 Å². The molecular formula is C13H17ClFN3O. The molecule has 0 aromatic heterocycles. The third kappa shape index (κ3) is 3.43. The van der Waals surface area contributed by atoms with Crippen LogP contribution in [0.25, 0.3) is 0 Å². The summed E-state index contributed by atoms with van der Waals surface area (Å²) in [5.41, 5.74) is 6.07. The number of carbonyl (C=O) groups excluding carboxylic acids is 1. The highest BCUT2D eigenvalue weighted by atomic mass is 35.5. The Bertz CT molecular complexity index is 461. The van der Waals surface area contributed by atoms with Crippen molar-refractivity contribution in [2.75, 3.05) is 26.2 Å². The van der Waals surface area contributed by atoms with E-state index in [2.05, 4.69) is 5.32 Å². The fourth-order valence-corrected chi connectivity index (χ4v) is 2.65. The zero-order valence-electron chi connectivity index (χ0n) is 10.5. The lowest BCUT2D eigenvalue weighted by molar-refractivity contribution is -0.123. The van der Waals surface area contributed by atoms with Crippen molar-refractivity contribution in [3.63, 3.8) is 0 Å². The predicted octanol–water partition coefficient (Wildman–Crippen LogP) is 1.30. The summed E-state index contributed by atoms with van der Waals surface area (Å²) in [6.45, 7) is 3.18. The van der Waals surface area contributed by atoms with E-state index in [0.29, 0.717) is 12.1 Å². The van der Waals surface area contributed by atoms with Crippen LogP contribution in [-0.2, 0) is 4.79 Å². The molecule has 1 saturated heterocycles. The Hall–Kier alpha value is -1.17. The quantitative estimate of drug-likeness (QED) is 0.880. The Morgan fingerprint density at radius 2 is 2.21 bits per heavy atom. The number of amides is 1. The molecule has 1 aliphatic rings. The number of benzene rings is 1. The van der Waals surface area contributed by atoms with Crippen molar-refractivity contribution in [1.82, 2.24) is 10.2 Å². The third-order valence-corrected chi connectivity index (χ3v) is 3.59. The number of halogens is 2. The van der Waals surface area contributed by atoms with Crippen molar-refractivity contribution in [3.05, 3.63) is 34.6 Å². The smallest absolute Gasteiger partial charge is 0.239 e. The van der Waals surface area contributed by atoms with Crippen molar-refractivity contribution in [3.8, 4) is 0 Å². The summed E-state index contributed by atoms with van der Waals surface area (Å²) < 4.78 is 13.1. The van der Waals surface area contributed by atoms with Crippen LogP contribution < -0.4 is 11.1 Å². The van der Waals surface area contributed by atoms with E-state index >= 15 is 0 Å². The number of nitrogens with one attached hydrogen (secondary N) is 1. The van der Waals surface area contributed by atoms with Gasteiger partial charge in [0.25, 0.3) is 0 Å². The minimum absolute atomic E-state index is 0.237. The van der Waals surface area contributed by atoms with Crippen molar-refractivity contribution in [1.29, 1.82) is 0 Å². The van der Waals surface area contributed by atoms with Gasteiger partial charge in [0.2, 0.25) is 5.91 Å². The first-order chi connectivity index (χ1) is 9.09. The molecule has 1 atom stereocenters. The van der Waals surface area contributed by atoms with Crippen LogP contribution in [0.1, 0.15) is 18.0 Å². The number of primary amides is 1. The van der Waals surface area contributed by atoms with Gasteiger partial charge in [-0.3, -0.25) is 9.69 Å². The molecular weight excluding hydrogens is 269 g/mol. The highest BCUT2D eigenvalue weighted by Crippen LogP contribution is 2.28. The van der Waals surface area contributed by atoms with Gasteiger partial charge >= 0.3 is 0 Å². The average molecular weight is 286 g/mol. The Balaban J connectivity index is 2.30. The lowest BCUT2D eigenvalue weighted by Crippen LogP contribution is -2.40. The first-order valence-electron chi connectivity index (χ1n) is 6.28. The zero-order chi connectivity index (χ0) is 13.8. The topological polar surface area (TPSA) is 58.4 Å². The van der Waals surface area contributed by atoms with Crippen molar-refractivity contribution in [2.24, 2.45) is 5.73 Å². The van der Waals surface area contributed by atoms with Gasteiger partial charge in [0.15, 0.2) is 0 Å². The summed E-state index contributed by atoms with van der Waals surface area (Å²) in [6, 6.07) is 3.44. The second kappa shape index (κ2) is 6.32. The minimum atomic E-state index is -0.604. The Labute approximate surface area is 116 Å². The van der Waals surface area contributed by atoms with Crippen LogP contribution in [-0.4, -0.2) is 37.0 Å². The molecule has 1 aromatic carbocycles. The van der Waals surface area contributed by atoms with Gasteiger partial charge in [0, 0.05) is 24.7 Å². The van der Waals surface area contributed by atoms with Crippen molar-refractivity contribution in [2.45, 2.75) is 12.5 Å². The SMILES string of the molecule is NC(=O)C(c1ccc(F)cc1Cl)N1CCCNCC1. The maximum absolute atomic E-state index is 13.1. The summed E-state index contributed by atoms with van der Waals surface area (Å²) >= 11 is 6.04. The molecule has 3 N–H and O–H groups in total. The number of hydrogen-bond donors (Lipinski definition) is 2. The van der Waals surface area contributed by atoms with Gasteiger partial charge in [-0.25, -0.2) is 4.39 Å². The van der Waals surface area contributed by atoms with Crippen LogP contribution in [0.4, 0.5) is 4.39 Å². The zero-order valence-corrected chi connectivity index (χ0v) is 11.3. The van der Waals surface area contributed by atoms with E-state index in [-0.39, 0.29) is 5.02 Å². The molecule has 1 fully saturated rings. The van der Waals surface area contributed by atoms with Crippen molar-refractivity contribution < 1.29 is 9.18 Å². The molecule has 0 saturated carbocycles. The average Bonchev–Trinajstić information content (AvgIpc) is 2.61. The maximum Gasteiger partial charge on any atom is 0.239 e. The molecule has 1 aromatic rings. The molecule has 4 nitrogen and oxygen atoms in total. The molecule has 2 rings (SSSR count). The predicted molar refractivity (Wildman–Crippen MR) is 72.4 cm³/mol. The van der Waals surface area contributed by atoms with Crippen LogP contribution in [0.15, 0.2) is 18.2 Å². The first-order valence-corrected chi connectivity index (χ1v) is 6.66. The van der Waals surface area contributed by atoms with Crippen LogP contribution in [0.3, 0.4) is 0 Å². The monoisotopic (exact) mass is 285 g/mol. The molecule has 1 aliphatic heterocycles. The van der Waals surface area contributed by atoms with Crippen LogP contribution in [0.2, 0.25) is 5.02 Å². The largest absolute Gasteiger partial charge is 0.368 e. The standard InChI is InChI=1S/C13H17ClFN3O/c14-11-8-9(15)2-3-10(11)12(13(16)19)18-6-1-4-17-5-7-18/h2-3,8,12,17H,1,4-7H2,(H2,16,19). The molecule has 0 radical (unpaired) electrons. The normalized spacial score (nSPS) is 18.8. The lowest BCUT2D eigenvalue weighted by Gasteiger charge is -2.28. The Morgan fingerprint density at radius 1 is 1.42 bits per heavy atom. The molecule has 1 amide bonds. The number of nitrogens with zero attached hydrogens (tertiary/aromatic N) is 1. The summed E-state index contributed by atoms with van der Waals surface area (Å²) in [6.07, 6.45) is 0.933. The molecule has 19 heavy (non-hydrogen) atoms. The van der Waals surface area contributed by atoms with Crippen molar-refractivity contribution >= 4 is 17.5 Å². The van der Waals surface area contributed by atoms with E-state index < -0.39 is 17.8 Å². The second-order valence-corrected chi connectivity index (χ2v) is 5.02. The summed E-state index contributed by atoms with van der Waals surface area (Å²) in [5.74, 6) is -0.884. The molecule has 1 unspecified atom stereocenters. The van der Waals surface area contributed by atoms with Gasteiger partial charge in [-0.1, -0.05) is 17.7 Å². The van der Waals surface area contributed by atoms with Crippen LogP contribution in [0, 0.1) is 5.82 Å². The number of rotatable bonds is 3. The fraction of sp³-hybridized carbons (Fsp3) is 0.462. The molecule has 6 heteroatoms. The minimum Gasteiger partial charge on any atom is -0.368 e. The maximum atomic E-state index is 13.1. The fourth-order valence-electron chi connectivity index (χ4n) is 2.38. The van der Waals surface area contributed by atoms with E-state index in [1.54, 1.807) is 0 Å². The van der Waals surface area contributed by atoms with Gasteiger partial charge in [0.1, 0.15) is 11.9 Å². The second-order valence-electron chi connectivity index (χ2n) is 4.61. The van der Waals surface area contributed by atoms with Crippen LogP contribution >= 0.6 is 11.6 Å². The Kier molecular flexibility index (Phi) is 4.74. The van der Waals surface area contributed by atoms with Gasteiger partial charge in [0.05, 0.1) is 0 Å². The summed E-state index contributed by atoms with van der Waals surface area (Å²) in [4.78, 5) is 13.7. The van der Waals surface area contributed by atoms with E-state index in [9.17, 15) is 9.18 Å². The molecule has 0 aliphatic carbocycles. The molecule has 104 valence electrons. The summed E-state index contributed by atoms with van der Waals surface area (Å²) in [5, 5.41) is 3.50. The summed E-state index contributed by atoms with van der Waals surface area (Å²) in [7, 11) is 0. The van der Waals surface area contributed by atoms with Gasteiger partial charge in [-0.15, -0.1) is 0 Å². The third-order valence-electron chi connectivity index (χ3n) is 3.27. The highest BCUT2D eigenvalue weighted by Gasteiger charge is 2.28. The number of hydrogen-bond acceptors (Lipinski definition) is 3. The number of nitrogens with two attached hydrogens (primary N) is 1. The molecule has 1 heterocycles. The van der Waals surface area contributed by atoms with E-state index in [1.165, 1.54) is 18.2 Å². The highest BCUT2D eigenvalue weighted by molar-refractivity contribution is 6.31. The Morgan fingerprint density at radius 3 is 2.89 bits per heavy atom. The van der Waals surface area contributed by atoms with Gasteiger partial charge in [-0.05, 0) is 30.7 Å². The van der Waals surface area contributed by atoms with Gasteiger partial charge < -0.3 is 11.1 Å². The molecule has 0 spiro atoms. The van der Waals surface area contributed by atoms with E-state index in [1.807, 2.05) is 4.90 Å². The number of carbonyl (C=O) groups is 1. The van der Waals surface area contributed by atoms with E-state index in [0.717, 1.165) is 26.1 Å².